The third kappa shape index (κ3) is 3.69. The van der Waals surface area contributed by atoms with E-state index in [0.29, 0.717) is 33.9 Å². The lowest BCUT2D eigenvalue weighted by molar-refractivity contribution is 0.461. The molecule has 6 nitrogen and oxygen atoms in total. The molecule has 0 unspecified atom stereocenters. The smallest absolute Gasteiger partial charge is 0.225 e. The highest BCUT2D eigenvalue weighted by molar-refractivity contribution is 5.99. The molecular formula is C23H22F2N6. The number of rotatable bonds is 4. The lowest BCUT2D eigenvalue weighted by atomic mass is 9.96. The molecule has 0 saturated heterocycles. The Balaban J connectivity index is 1.68. The summed E-state index contributed by atoms with van der Waals surface area (Å²) in [6.07, 6.45) is 5.64. The van der Waals surface area contributed by atoms with Crippen LogP contribution in [0.5, 0.6) is 0 Å². The number of nitrogens with one attached hydrogen (secondary N) is 1. The summed E-state index contributed by atoms with van der Waals surface area (Å²) < 4.78 is 29.6. The van der Waals surface area contributed by atoms with Crippen molar-refractivity contribution >= 4 is 22.8 Å². The molecule has 1 saturated carbocycles. The largest absolute Gasteiger partial charge is 0.383 e. The Hall–Kier alpha value is -3.55. The SMILES string of the molecule is Nc1c2c(-c3ccccc3F)nc(NC3CCCCC3)nc2nn1-c1ccc(F)cc1. The standard InChI is InChI=1S/C23H22F2N6/c24-14-10-12-16(13-11-14)31-21(26)19-20(17-8-4-5-9-18(17)25)28-23(29-22(19)30-31)27-15-6-2-1-3-7-15/h4-5,8-13,15H,1-3,6-7,26H2,(H,27,29,30). The summed E-state index contributed by atoms with van der Waals surface area (Å²) in [4.78, 5) is 9.23. The molecule has 3 N–H and O–H groups in total. The van der Waals surface area contributed by atoms with E-state index in [1.165, 1.54) is 29.3 Å². The molecule has 1 fully saturated rings. The minimum Gasteiger partial charge on any atom is -0.383 e. The van der Waals surface area contributed by atoms with Crippen LogP contribution in [0.2, 0.25) is 0 Å². The van der Waals surface area contributed by atoms with E-state index in [1.807, 2.05) is 0 Å². The van der Waals surface area contributed by atoms with Gasteiger partial charge in [-0.2, -0.15) is 4.98 Å². The van der Waals surface area contributed by atoms with Crippen LogP contribution < -0.4 is 11.1 Å². The molecule has 5 rings (SSSR count). The normalized spacial score (nSPS) is 14.8. The molecule has 31 heavy (non-hydrogen) atoms. The van der Waals surface area contributed by atoms with E-state index >= 15 is 0 Å². The van der Waals surface area contributed by atoms with Crippen LogP contribution in [0.15, 0.2) is 48.5 Å². The molecule has 1 aliphatic carbocycles. The number of nitrogens with two attached hydrogens (primary N) is 1. The van der Waals surface area contributed by atoms with Gasteiger partial charge in [-0.05, 0) is 49.2 Å². The lowest BCUT2D eigenvalue weighted by Crippen LogP contribution is -2.23. The monoisotopic (exact) mass is 420 g/mol. The molecule has 2 aromatic carbocycles. The van der Waals surface area contributed by atoms with Gasteiger partial charge in [-0.25, -0.2) is 18.4 Å². The summed E-state index contributed by atoms with van der Waals surface area (Å²) in [5, 5.41) is 8.39. The van der Waals surface area contributed by atoms with Crippen molar-refractivity contribution < 1.29 is 8.78 Å². The summed E-state index contributed by atoms with van der Waals surface area (Å²) in [6, 6.07) is 12.5. The highest BCUT2D eigenvalue weighted by Crippen LogP contribution is 2.34. The van der Waals surface area contributed by atoms with E-state index in [-0.39, 0.29) is 17.7 Å². The third-order valence-electron chi connectivity index (χ3n) is 5.71. The molecule has 0 bridgehead atoms. The predicted molar refractivity (Wildman–Crippen MR) is 117 cm³/mol. The third-order valence-corrected chi connectivity index (χ3v) is 5.71. The first kappa shape index (κ1) is 19.4. The maximum Gasteiger partial charge on any atom is 0.225 e. The number of fused-ring (bicyclic) bond motifs is 1. The molecule has 158 valence electrons. The fourth-order valence-electron chi connectivity index (χ4n) is 4.13. The molecule has 1 aliphatic rings. The van der Waals surface area contributed by atoms with Gasteiger partial charge in [-0.1, -0.05) is 31.4 Å². The first-order valence-corrected chi connectivity index (χ1v) is 10.4. The van der Waals surface area contributed by atoms with Crippen LogP contribution in [0.1, 0.15) is 32.1 Å². The Labute approximate surface area is 178 Å². The van der Waals surface area contributed by atoms with Gasteiger partial charge < -0.3 is 11.1 Å². The van der Waals surface area contributed by atoms with Gasteiger partial charge in [0.2, 0.25) is 5.95 Å². The van der Waals surface area contributed by atoms with E-state index in [1.54, 1.807) is 30.3 Å². The molecule has 2 heterocycles. The highest BCUT2D eigenvalue weighted by Gasteiger charge is 2.22. The molecule has 0 radical (unpaired) electrons. The molecule has 0 amide bonds. The predicted octanol–water partition coefficient (Wildman–Crippen LogP) is 5.09. The van der Waals surface area contributed by atoms with Crippen molar-refractivity contribution in [2.24, 2.45) is 0 Å². The Kier molecular flexibility index (Phi) is 4.97. The Morgan fingerprint density at radius 2 is 1.68 bits per heavy atom. The second kappa shape index (κ2) is 7.94. The molecule has 8 heteroatoms. The lowest BCUT2D eigenvalue weighted by Gasteiger charge is -2.22. The minimum atomic E-state index is -0.403. The van der Waals surface area contributed by atoms with Gasteiger partial charge in [-0.15, -0.1) is 5.10 Å². The van der Waals surface area contributed by atoms with Crippen molar-refractivity contribution in [2.75, 3.05) is 11.1 Å². The summed E-state index contributed by atoms with van der Waals surface area (Å²) >= 11 is 0. The highest BCUT2D eigenvalue weighted by atomic mass is 19.1. The van der Waals surface area contributed by atoms with Crippen molar-refractivity contribution in [1.29, 1.82) is 0 Å². The van der Waals surface area contributed by atoms with E-state index in [2.05, 4.69) is 20.4 Å². The summed E-state index contributed by atoms with van der Waals surface area (Å²) in [5.74, 6) is -0.0876. The molecule has 0 spiro atoms. The van der Waals surface area contributed by atoms with Crippen LogP contribution in [0.25, 0.3) is 28.0 Å². The van der Waals surface area contributed by atoms with Gasteiger partial charge in [0.1, 0.15) is 17.5 Å². The van der Waals surface area contributed by atoms with Crippen molar-refractivity contribution in [3.8, 4) is 16.9 Å². The average molecular weight is 420 g/mol. The topological polar surface area (TPSA) is 81.7 Å². The quantitative estimate of drug-likeness (QED) is 0.481. The zero-order valence-electron chi connectivity index (χ0n) is 16.9. The van der Waals surface area contributed by atoms with Gasteiger partial charge in [0.15, 0.2) is 5.65 Å². The van der Waals surface area contributed by atoms with Crippen molar-refractivity contribution in [2.45, 2.75) is 38.1 Å². The van der Waals surface area contributed by atoms with Crippen LogP contribution in [-0.2, 0) is 0 Å². The van der Waals surface area contributed by atoms with Gasteiger partial charge in [-0.3, -0.25) is 0 Å². The van der Waals surface area contributed by atoms with Crippen molar-refractivity contribution in [3.63, 3.8) is 0 Å². The number of nitrogen functional groups attached to an aromatic ring is 1. The number of hydrogen-bond donors (Lipinski definition) is 2. The van der Waals surface area contributed by atoms with E-state index < -0.39 is 5.82 Å². The van der Waals surface area contributed by atoms with Crippen LogP contribution in [-0.4, -0.2) is 25.8 Å². The summed E-state index contributed by atoms with van der Waals surface area (Å²) in [6.45, 7) is 0. The van der Waals surface area contributed by atoms with Crippen molar-refractivity contribution in [3.05, 3.63) is 60.2 Å². The number of hydrogen-bond acceptors (Lipinski definition) is 5. The Bertz CT molecular complexity index is 1230. The summed E-state index contributed by atoms with van der Waals surface area (Å²) in [7, 11) is 0. The Morgan fingerprint density at radius 1 is 0.935 bits per heavy atom. The van der Waals surface area contributed by atoms with Gasteiger partial charge in [0.25, 0.3) is 0 Å². The Morgan fingerprint density at radius 3 is 2.42 bits per heavy atom. The molecule has 0 aliphatic heterocycles. The van der Waals surface area contributed by atoms with E-state index in [0.717, 1.165) is 25.7 Å². The van der Waals surface area contributed by atoms with Crippen molar-refractivity contribution in [1.82, 2.24) is 19.7 Å². The van der Waals surface area contributed by atoms with E-state index in [9.17, 15) is 8.78 Å². The zero-order valence-corrected chi connectivity index (χ0v) is 16.9. The van der Waals surface area contributed by atoms with Crippen LogP contribution >= 0.6 is 0 Å². The van der Waals surface area contributed by atoms with E-state index in [4.69, 9.17) is 5.73 Å². The molecular weight excluding hydrogens is 398 g/mol. The summed E-state index contributed by atoms with van der Waals surface area (Å²) in [5.41, 5.74) is 8.06. The molecule has 0 atom stereocenters. The van der Waals surface area contributed by atoms with Crippen LogP contribution in [0.4, 0.5) is 20.5 Å². The second-order valence-electron chi connectivity index (χ2n) is 7.83. The number of benzene rings is 2. The first-order chi connectivity index (χ1) is 15.1. The number of nitrogens with zero attached hydrogens (tertiary/aromatic N) is 4. The van der Waals surface area contributed by atoms with Crippen LogP contribution in [0, 0.1) is 11.6 Å². The first-order valence-electron chi connectivity index (χ1n) is 10.4. The average Bonchev–Trinajstić information content (AvgIpc) is 3.11. The van der Waals surface area contributed by atoms with Gasteiger partial charge in [0.05, 0.1) is 16.8 Å². The molecule has 4 aromatic rings. The molecule has 2 aromatic heterocycles. The maximum absolute atomic E-state index is 14.7. The van der Waals surface area contributed by atoms with Gasteiger partial charge in [0, 0.05) is 11.6 Å². The van der Waals surface area contributed by atoms with Crippen LogP contribution in [0.3, 0.4) is 0 Å². The minimum absolute atomic E-state index is 0.268. The zero-order chi connectivity index (χ0) is 21.4. The van der Waals surface area contributed by atoms with Gasteiger partial charge >= 0.3 is 0 Å². The fraction of sp³-hybridized carbons (Fsp3) is 0.261. The maximum atomic E-state index is 14.7. The second-order valence-corrected chi connectivity index (χ2v) is 7.83. The number of halogens is 2. The number of anilines is 2. The number of aromatic nitrogens is 4. The fourth-order valence-corrected chi connectivity index (χ4v) is 4.13.